The van der Waals surface area contributed by atoms with Gasteiger partial charge in [0.15, 0.2) is 5.06 Å². The molecule has 1 aromatic carbocycles. The second-order valence-electron chi connectivity index (χ2n) is 3.12. The molecule has 0 atom stereocenters. The summed E-state index contributed by atoms with van der Waals surface area (Å²) in [6.45, 7) is 0. The molecule has 3 heteroatoms. The Bertz CT molecular complexity index is 474. The third-order valence-electron chi connectivity index (χ3n) is 2.07. The Morgan fingerprint density at radius 1 is 1.27 bits per heavy atom. The Morgan fingerprint density at radius 3 is 2.67 bits per heavy atom. The summed E-state index contributed by atoms with van der Waals surface area (Å²) in [7, 11) is 1.69. The van der Waals surface area contributed by atoms with E-state index in [0.717, 1.165) is 16.0 Å². The molecule has 0 bridgehead atoms. The molecule has 0 saturated heterocycles. The number of thiophene rings is 1. The lowest BCUT2D eigenvalue weighted by molar-refractivity contribution is 0.490. The number of aliphatic imine (C=N–C) groups is 1. The molecule has 1 N–H and O–H groups in total. The van der Waals surface area contributed by atoms with Crippen molar-refractivity contribution in [2.75, 3.05) is 7.05 Å². The van der Waals surface area contributed by atoms with E-state index < -0.39 is 0 Å². The third-order valence-corrected chi connectivity index (χ3v) is 3.07. The van der Waals surface area contributed by atoms with E-state index in [-0.39, 0.29) is 0 Å². The van der Waals surface area contributed by atoms with Crippen LogP contribution in [0.3, 0.4) is 0 Å². The Balaban J connectivity index is 2.43. The molecule has 0 unspecified atom stereocenters. The van der Waals surface area contributed by atoms with Crippen molar-refractivity contribution < 1.29 is 5.11 Å². The number of aromatic hydroxyl groups is 1. The van der Waals surface area contributed by atoms with E-state index in [1.807, 2.05) is 36.4 Å². The van der Waals surface area contributed by atoms with Gasteiger partial charge in [0.25, 0.3) is 0 Å². The average molecular weight is 217 g/mol. The zero-order chi connectivity index (χ0) is 10.7. The van der Waals surface area contributed by atoms with Gasteiger partial charge in [-0.05, 0) is 11.6 Å². The maximum absolute atomic E-state index is 9.65. The minimum atomic E-state index is 0.319. The van der Waals surface area contributed by atoms with Crippen LogP contribution >= 0.6 is 11.3 Å². The summed E-state index contributed by atoms with van der Waals surface area (Å²) in [5.74, 6) is 0. The molecule has 0 fully saturated rings. The fourth-order valence-corrected chi connectivity index (χ4v) is 2.25. The smallest absolute Gasteiger partial charge is 0.180 e. The highest BCUT2D eigenvalue weighted by Gasteiger charge is 2.06. The topological polar surface area (TPSA) is 32.6 Å². The number of rotatable bonds is 2. The molecule has 0 aliphatic carbocycles. The van der Waals surface area contributed by atoms with E-state index in [2.05, 4.69) is 4.99 Å². The van der Waals surface area contributed by atoms with Crippen LogP contribution in [0.5, 0.6) is 5.06 Å². The molecule has 0 aliphatic heterocycles. The SMILES string of the molecule is CN=Cc1cc(-c2ccccc2)sc1O. The van der Waals surface area contributed by atoms with Gasteiger partial charge in [-0.25, -0.2) is 0 Å². The highest BCUT2D eigenvalue weighted by Crippen LogP contribution is 2.35. The summed E-state index contributed by atoms with van der Waals surface area (Å²) in [5, 5.41) is 9.97. The molecule has 0 radical (unpaired) electrons. The van der Waals surface area contributed by atoms with Crippen LogP contribution in [0.2, 0.25) is 0 Å². The summed E-state index contributed by atoms with van der Waals surface area (Å²) in [4.78, 5) is 4.95. The van der Waals surface area contributed by atoms with Gasteiger partial charge >= 0.3 is 0 Å². The Hall–Kier alpha value is -1.61. The first-order valence-electron chi connectivity index (χ1n) is 4.61. The van der Waals surface area contributed by atoms with Gasteiger partial charge in [0.2, 0.25) is 0 Å². The van der Waals surface area contributed by atoms with Crippen molar-refractivity contribution in [1.82, 2.24) is 0 Å². The van der Waals surface area contributed by atoms with Crippen molar-refractivity contribution >= 4 is 17.6 Å². The van der Waals surface area contributed by atoms with Crippen LogP contribution < -0.4 is 0 Å². The molecule has 2 aromatic rings. The van der Waals surface area contributed by atoms with Crippen molar-refractivity contribution in [1.29, 1.82) is 0 Å². The van der Waals surface area contributed by atoms with E-state index in [4.69, 9.17) is 0 Å². The van der Waals surface area contributed by atoms with Crippen LogP contribution in [0.15, 0.2) is 41.4 Å². The second kappa shape index (κ2) is 4.28. The molecule has 0 saturated carbocycles. The van der Waals surface area contributed by atoms with Gasteiger partial charge < -0.3 is 5.11 Å². The fraction of sp³-hybridized carbons (Fsp3) is 0.0833. The highest BCUT2D eigenvalue weighted by atomic mass is 32.1. The van der Waals surface area contributed by atoms with Crippen molar-refractivity contribution in [3.05, 3.63) is 42.0 Å². The summed E-state index contributed by atoms with van der Waals surface area (Å²) in [5.41, 5.74) is 1.90. The lowest BCUT2D eigenvalue weighted by atomic mass is 10.2. The lowest BCUT2D eigenvalue weighted by Crippen LogP contribution is -1.74. The van der Waals surface area contributed by atoms with Crippen LogP contribution in [0.1, 0.15) is 5.56 Å². The molecule has 0 amide bonds. The van der Waals surface area contributed by atoms with E-state index in [0.29, 0.717) is 5.06 Å². The van der Waals surface area contributed by atoms with Crippen LogP contribution in [-0.4, -0.2) is 18.4 Å². The average Bonchev–Trinajstić information content (AvgIpc) is 2.63. The maximum Gasteiger partial charge on any atom is 0.180 e. The first kappa shape index (κ1) is 9.93. The normalized spacial score (nSPS) is 11.0. The molecule has 0 spiro atoms. The number of hydrogen-bond donors (Lipinski definition) is 1. The van der Waals surface area contributed by atoms with Crippen LogP contribution in [-0.2, 0) is 0 Å². The minimum absolute atomic E-state index is 0.319. The zero-order valence-electron chi connectivity index (χ0n) is 8.34. The molecule has 2 rings (SSSR count). The Kier molecular flexibility index (Phi) is 2.83. The van der Waals surface area contributed by atoms with Gasteiger partial charge in [-0.1, -0.05) is 41.7 Å². The van der Waals surface area contributed by atoms with Gasteiger partial charge in [0.1, 0.15) is 0 Å². The molecule has 1 aromatic heterocycles. The lowest BCUT2D eigenvalue weighted by Gasteiger charge is -1.93. The van der Waals surface area contributed by atoms with Gasteiger partial charge in [-0.15, -0.1) is 0 Å². The zero-order valence-corrected chi connectivity index (χ0v) is 9.16. The first-order valence-corrected chi connectivity index (χ1v) is 5.43. The first-order chi connectivity index (χ1) is 7.31. The van der Waals surface area contributed by atoms with E-state index >= 15 is 0 Å². The maximum atomic E-state index is 9.65. The van der Waals surface area contributed by atoms with Crippen molar-refractivity contribution in [2.45, 2.75) is 0 Å². The predicted molar refractivity (Wildman–Crippen MR) is 64.9 cm³/mol. The quantitative estimate of drug-likeness (QED) is 0.770. The Morgan fingerprint density at radius 2 is 2.00 bits per heavy atom. The van der Waals surface area contributed by atoms with Gasteiger partial charge in [0.05, 0.1) is 0 Å². The van der Waals surface area contributed by atoms with Crippen LogP contribution in [0.4, 0.5) is 0 Å². The number of benzene rings is 1. The molecule has 15 heavy (non-hydrogen) atoms. The largest absolute Gasteiger partial charge is 0.499 e. The number of nitrogens with zero attached hydrogens (tertiary/aromatic N) is 1. The summed E-state index contributed by atoms with van der Waals surface area (Å²) >= 11 is 1.37. The number of hydrogen-bond acceptors (Lipinski definition) is 3. The summed E-state index contributed by atoms with van der Waals surface area (Å²) < 4.78 is 0. The molecular formula is C12H11NOS. The van der Waals surface area contributed by atoms with E-state index in [1.54, 1.807) is 13.3 Å². The van der Waals surface area contributed by atoms with Crippen molar-refractivity contribution in [2.24, 2.45) is 4.99 Å². The van der Waals surface area contributed by atoms with Crippen molar-refractivity contribution in [3.63, 3.8) is 0 Å². The van der Waals surface area contributed by atoms with Crippen LogP contribution in [0.25, 0.3) is 10.4 Å². The molecule has 76 valence electrons. The summed E-state index contributed by atoms with van der Waals surface area (Å²) in [6.07, 6.45) is 1.66. The van der Waals surface area contributed by atoms with E-state index in [1.165, 1.54) is 11.3 Å². The monoisotopic (exact) mass is 217 g/mol. The van der Waals surface area contributed by atoms with Gasteiger partial charge in [0, 0.05) is 23.7 Å². The van der Waals surface area contributed by atoms with Gasteiger partial charge in [-0.2, -0.15) is 0 Å². The molecule has 2 nitrogen and oxygen atoms in total. The van der Waals surface area contributed by atoms with Crippen LogP contribution in [0, 0.1) is 0 Å². The summed E-state index contributed by atoms with van der Waals surface area (Å²) in [6, 6.07) is 11.9. The minimum Gasteiger partial charge on any atom is -0.499 e. The molecule has 1 heterocycles. The van der Waals surface area contributed by atoms with Crippen molar-refractivity contribution in [3.8, 4) is 15.5 Å². The van der Waals surface area contributed by atoms with Gasteiger partial charge in [-0.3, -0.25) is 4.99 Å². The molecular weight excluding hydrogens is 206 g/mol. The third kappa shape index (κ3) is 2.07. The van der Waals surface area contributed by atoms with E-state index in [9.17, 15) is 5.11 Å². The highest BCUT2D eigenvalue weighted by molar-refractivity contribution is 7.17. The second-order valence-corrected chi connectivity index (χ2v) is 4.16. The standard InChI is InChI=1S/C12H11NOS/c1-13-8-10-7-11(15-12(10)14)9-5-3-2-4-6-9/h2-8,14H,1H3. The predicted octanol–water partition coefficient (Wildman–Crippen LogP) is 3.17. The molecule has 0 aliphatic rings. The fourth-order valence-electron chi connectivity index (χ4n) is 1.37. The Labute approximate surface area is 92.5 Å².